The molecule has 2 amide bonds. The van der Waals surface area contributed by atoms with Gasteiger partial charge in [-0.25, -0.2) is 0 Å². The van der Waals surface area contributed by atoms with E-state index in [1.54, 1.807) is 0 Å². The lowest BCUT2D eigenvalue weighted by Gasteiger charge is -2.14. The van der Waals surface area contributed by atoms with Gasteiger partial charge in [0, 0.05) is 26.1 Å². The number of hydrazine groups is 1. The molecular formula is C8H16N4O2. The zero-order valence-corrected chi connectivity index (χ0v) is 8.25. The number of carbonyl (C=O) groups is 2. The van der Waals surface area contributed by atoms with Crippen molar-refractivity contribution in [1.29, 1.82) is 0 Å². The van der Waals surface area contributed by atoms with Crippen molar-refractivity contribution in [2.24, 2.45) is 5.73 Å². The molecule has 0 unspecified atom stereocenters. The van der Waals surface area contributed by atoms with Gasteiger partial charge in [0.2, 0.25) is 5.91 Å². The van der Waals surface area contributed by atoms with E-state index in [0.717, 1.165) is 19.5 Å². The van der Waals surface area contributed by atoms with Crippen molar-refractivity contribution >= 4 is 11.8 Å². The van der Waals surface area contributed by atoms with Crippen LogP contribution >= 0.6 is 0 Å². The van der Waals surface area contributed by atoms with Crippen molar-refractivity contribution < 1.29 is 9.59 Å². The molecule has 6 heteroatoms. The molecule has 1 rings (SSSR count). The number of carbonyl (C=O) groups excluding carboxylic acids is 2. The molecule has 1 aliphatic rings. The number of hydrogen-bond donors (Lipinski definition) is 3. The Morgan fingerprint density at radius 2 is 2.21 bits per heavy atom. The third kappa shape index (κ3) is 3.71. The fraction of sp³-hybridized carbons (Fsp3) is 0.750. The molecule has 1 atom stereocenters. The molecule has 0 saturated carbocycles. The molecule has 1 fully saturated rings. The largest absolute Gasteiger partial charge is 0.326 e. The molecule has 6 nitrogen and oxygen atoms in total. The van der Waals surface area contributed by atoms with Gasteiger partial charge < -0.3 is 5.73 Å². The van der Waals surface area contributed by atoms with Gasteiger partial charge in [-0.05, 0) is 6.42 Å². The van der Waals surface area contributed by atoms with Crippen LogP contribution < -0.4 is 16.6 Å². The lowest BCUT2D eigenvalue weighted by molar-refractivity contribution is -0.128. The highest BCUT2D eigenvalue weighted by molar-refractivity contribution is 5.81. The first-order valence-corrected chi connectivity index (χ1v) is 4.61. The van der Waals surface area contributed by atoms with Crippen LogP contribution in [0.3, 0.4) is 0 Å². The van der Waals surface area contributed by atoms with E-state index in [1.165, 1.54) is 6.92 Å². The minimum Gasteiger partial charge on any atom is -0.326 e. The molecular weight excluding hydrogens is 184 g/mol. The number of hydrogen-bond acceptors (Lipinski definition) is 4. The average Bonchev–Trinajstić information content (AvgIpc) is 2.48. The maximum absolute atomic E-state index is 11.2. The number of nitrogens with two attached hydrogens (primary N) is 1. The van der Waals surface area contributed by atoms with Gasteiger partial charge in [-0.3, -0.25) is 25.3 Å². The molecule has 4 N–H and O–H groups in total. The summed E-state index contributed by atoms with van der Waals surface area (Å²) in [5.41, 5.74) is 10.2. The van der Waals surface area contributed by atoms with Gasteiger partial charge in [0.25, 0.3) is 5.91 Å². The fourth-order valence-corrected chi connectivity index (χ4v) is 1.41. The third-order valence-electron chi connectivity index (χ3n) is 2.05. The number of amides is 2. The quantitative estimate of drug-likeness (QED) is 0.458. The van der Waals surface area contributed by atoms with Gasteiger partial charge in [0.1, 0.15) is 0 Å². The second-order valence-electron chi connectivity index (χ2n) is 3.51. The Kier molecular flexibility index (Phi) is 3.84. The van der Waals surface area contributed by atoms with Crippen LogP contribution in [0.15, 0.2) is 0 Å². The lowest BCUT2D eigenvalue weighted by atomic mass is 10.3. The zero-order chi connectivity index (χ0) is 10.6. The predicted molar refractivity (Wildman–Crippen MR) is 51.0 cm³/mol. The van der Waals surface area contributed by atoms with Gasteiger partial charge in [-0.2, -0.15) is 0 Å². The van der Waals surface area contributed by atoms with Crippen LogP contribution in [-0.2, 0) is 9.59 Å². The van der Waals surface area contributed by atoms with Crippen LogP contribution in [0.5, 0.6) is 0 Å². The maximum Gasteiger partial charge on any atom is 0.252 e. The summed E-state index contributed by atoms with van der Waals surface area (Å²) in [5, 5.41) is 0. The van der Waals surface area contributed by atoms with E-state index in [4.69, 9.17) is 5.73 Å². The molecule has 0 bridgehead atoms. The van der Waals surface area contributed by atoms with Crippen LogP contribution in [0.1, 0.15) is 13.3 Å². The molecule has 0 radical (unpaired) electrons. The highest BCUT2D eigenvalue weighted by atomic mass is 16.2. The third-order valence-corrected chi connectivity index (χ3v) is 2.05. The van der Waals surface area contributed by atoms with Gasteiger partial charge in [-0.1, -0.05) is 0 Å². The monoisotopic (exact) mass is 200 g/mol. The minimum absolute atomic E-state index is 0.170. The zero-order valence-electron chi connectivity index (χ0n) is 8.25. The molecule has 1 heterocycles. The van der Waals surface area contributed by atoms with E-state index in [-0.39, 0.29) is 24.4 Å². The van der Waals surface area contributed by atoms with Crippen molar-refractivity contribution in [3.63, 3.8) is 0 Å². The highest BCUT2D eigenvalue weighted by Crippen LogP contribution is 2.05. The Morgan fingerprint density at radius 3 is 2.71 bits per heavy atom. The van der Waals surface area contributed by atoms with E-state index in [9.17, 15) is 9.59 Å². The summed E-state index contributed by atoms with van der Waals surface area (Å²) in [6.45, 7) is 3.21. The fourth-order valence-electron chi connectivity index (χ4n) is 1.41. The summed E-state index contributed by atoms with van der Waals surface area (Å²) in [6.07, 6.45) is 0.924. The Balaban J connectivity index is 2.17. The van der Waals surface area contributed by atoms with E-state index in [0.29, 0.717) is 0 Å². The van der Waals surface area contributed by atoms with Crippen molar-refractivity contribution in [2.75, 3.05) is 19.6 Å². The highest BCUT2D eigenvalue weighted by Gasteiger charge is 2.20. The van der Waals surface area contributed by atoms with Crippen molar-refractivity contribution in [3.8, 4) is 0 Å². The van der Waals surface area contributed by atoms with E-state index in [1.807, 2.05) is 4.90 Å². The van der Waals surface area contributed by atoms with Gasteiger partial charge >= 0.3 is 0 Å². The number of nitrogens with one attached hydrogen (secondary N) is 2. The van der Waals surface area contributed by atoms with Gasteiger partial charge in [-0.15, -0.1) is 0 Å². The summed E-state index contributed by atoms with van der Waals surface area (Å²) in [4.78, 5) is 23.6. The maximum atomic E-state index is 11.2. The molecule has 1 saturated heterocycles. The average molecular weight is 200 g/mol. The molecule has 1 aliphatic heterocycles. The topological polar surface area (TPSA) is 87.5 Å². The van der Waals surface area contributed by atoms with Gasteiger partial charge in [0.05, 0.1) is 6.54 Å². The number of nitrogens with zero attached hydrogens (tertiary/aromatic N) is 1. The number of likely N-dealkylation sites (tertiary alicyclic amines) is 1. The summed E-state index contributed by atoms with van der Waals surface area (Å²) >= 11 is 0. The Morgan fingerprint density at radius 1 is 1.50 bits per heavy atom. The standard InChI is InChI=1S/C8H16N4O2/c1-6(13)10-11-8(14)5-12-3-2-7(9)4-12/h7H,2-5,9H2,1H3,(H,10,13)(H,11,14)/t7-/m0/s1. The molecule has 0 aliphatic carbocycles. The van der Waals surface area contributed by atoms with E-state index >= 15 is 0 Å². The van der Waals surface area contributed by atoms with E-state index < -0.39 is 0 Å². The number of rotatable bonds is 2. The molecule has 0 aromatic rings. The smallest absolute Gasteiger partial charge is 0.252 e. The van der Waals surface area contributed by atoms with Crippen LogP contribution in [0.25, 0.3) is 0 Å². The normalized spacial score (nSPS) is 22.0. The van der Waals surface area contributed by atoms with Crippen molar-refractivity contribution in [2.45, 2.75) is 19.4 Å². The van der Waals surface area contributed by atoms with Crippen molar-refractivity contribution in [3.05, 3.63) is 0 Å². The van der Waals surface area contributed by atoms with Crippen LogP contribution in [0.2, 0.25) is 0 Å². The van der Waals surface area contributed by atoms with Gasteiger partial charge in [0.15, 0.2) is 0 Å². The first kappa shape index (κ1) is 10.9. The second-order valence-corrected chi connectivity index (χ2v) is 3.51. The summed E-state index contributed by atoms with van der Waals surface area (Å²) in [5.74, 6) is -0.495. The molecule has 0 aromatic heterocycles. The van der Waals surface area contributed by atoms with Crippen LogP contribution in [0, 0.1) is 0 Å². The lowest BCUT2D eigenvalue weighted by Crippen LogP contribution is -2.45. The summed E-state index contributed by atoms with van der Waals surface area (Å²) < 4.78 is 0. The molecule has 14 heavy (non-hydrogen) atoms. The Labute approximate surface area is 82.8 Å². The minimum atomic E-state index is -0.281. The van der Waals surface area contributed by atoms with Crippen LogP contribution in [0.4, 0.5) is 0 Å². The summed E-state index contributed by atoms with van der Waals surface area (Å²) in [7, 11) is 0. The summed E-state index contributed by atoms with van der Waals surface area (Å²) in [6, 6.07) is 0.170. The second kappa shape index (κ2) is 4.92. The predicted octanol–water partition coefficient (Wildman–Crippen LogP) is -1.81. The first-order valence-electron chi connectivity index (χ1n) is 4.61. The SMILES string of the molecule is CC(=O)NNC(=O)CN1CC[C@H](N)C1. The Bertz CT molecular complexity index is 231. The molecule has 0 aromatic carbocycles. The first-order chi connectivity index (χ1) is 6.58. The molecule has 80 valence electrons. The van der Waals surface area contributed by atoms with E-state index in [2.05, 4.69) is 10.9 Å². The Hall–Kier alpha value is -1.14. The molecule has 0 spiro atoms. The van der Waals surface area contributed by atoms with Crippen LogP contribution in [-0.4, -0.2) is 42.4 Å². The van der Waals surface area contributed by atoms with Crippen molar-refractivity contribution in [1.82, 2.24) is 15.8 Å².